The van der Waals surface area contributed by atoms with Gasteiger partial charge in [-0.2, -0.15) is 0 Å². The molecule has 0 bridgehead atoms. The van der Waals surface area contributed by atoms with Crippen LogP contribution in [0.25, 0.3) is 0 Å². The number of anilines is 1. The third-order valence-electron chi connectivity index (χ3n) is 3.78. The maximum atomic E-state index is 13.6. The number of carbonyl (C=O) groups excluding carboxylic acids is 3. The summed E-state index contributed by atoms with van der Waals surface area (Å²) < 4.78 is 50.1. The number of nitrogens with one attached hydrogen (secondary N) is 2. The second-order valence-corrected chi connectivity index (χ2v) is 6.74. The van der Waals surface area contributed by atoms with E-state index in [1.165, 1.54) is 20.1 Å². The second-order valence-electron chi connectivity index (χ2n) is 5.88. The van der Waals surface area contributed by atoms with Gasteiger partial charge < -0.3 is 20.1 Å². The Morgan fingerprint density at radius 1 is 1.10 bits per heavy atom. The van der Waals surface area contributed by atoms with E-state index < -0.39 is 53.6 Å². The number of hydrogen-bond donors (Lipinski definition) is 2. The van der Waals surface area contributed by atoms with Crippen LogP contribution in [0.1, 0.15) is 17.3 Å². The van der Waals surface area contributed by atoms with Crippen molar-refractivity contribution >= 4 is 39.4 Å². The van der Waals surface area contributed by atoms with Crippen molar-refractivity contribution in [2.24, 2.45) is 0 Å². The SMILES string of the molecule is COc1ccc(Br)c(C(=O)OC(C)C(=O)NCC(=O)Nc2ccc(F)c(F)c2F)c1. The Hall–Kier alpha value is -3.08. The van der Waals surface area contributed by atoms with Crippen molar-refractivity contribution in [2.75, 3.05) is 19.0 Å². The molecule has 2 aromatic rings. The van der Waals surface area contributed by atoms with Gasteiger partial charge in [0.25, 0.3) is 5.91 Å². The van der Waals surface area contributed by atoms with Crippen molar-refractivity contribution in [3.63, 3.8) is 0 Å². The number of benzene rings is 2. The largest absolute Gasteiger partial charge is 0.497 e. The Bertz CT molecular complexity index is 987. The topological polar surface area (TPSA) is 93.7 Å². The lowest BCUT2D eigenvalue weighted by Crippen LogP contribution is -2.40. The standard InChI is InChI=1S/C19H16BrF3N2O5/c1-9(30-19(28)11-7-10(29-2)3-4-12(11)20)18(27)24-8-15(26)25-14-6-5-13(21)16(22)17(14)23/h3-7,9H,8H2,1-2H3,(H,24,27)(H,25,26). The minimum Gasteiger partial charge on any atom is -0.497 e. The molecule has 0 saturated heterocycles. The van der Waals surface area contributed by atoms with E-state index in [9.17, 15) is 27.6 Å². The zero-order valence-corrected chi connectivity index (χ0v) is 17.3. The van der Waals surface area contributed by atoms with Gasteiger partial charge in [-0.3, -0.25) is 9.59 Å². The molecule has 0 aliphatic carbocycles. The minimum absolute atomic E-state index is 0.126. The molecule has 0 spiro atoms. The molecule has 0 aromatic heterocycles. The highest BCUT2D eigenvalue weighted by Crippen LogP contribution is 2.23. The molecule has 0 heterocycles. The van der Waals surface area contributed by atoms with E-state index in [0.29, 0.717) is 16.3 Å². The highest BCUT2D eigenvalue weighted by Gasteiger charge is 2.22. The highest BCUT2D eigenvalue weighted by atomic mass is 79.9. The zero-order chi connectivity index (χ0) is 22.4. The van der Waals surface area contributed by atoms with Crippen LogP contribution >= 0.6 is 15.9 Å². The molecule has 2 N–H and O–H groups in total. The molecular weight excluding hydrogens is 473 g/mol. The lowest BCUT2D eigenvalue weighted by atomic mass is 10.2. The van der Waals surface area contributed by atoms with Crippen LogP contribution in [-0.4, -0.2) is 37.5 Å². The Labute approximate surface area is 177 Å². The molecule has 1 unspecified atom stereocenters. The first-order chi connectivity index (χ1) is 14.1. The predicted molar refractivity (Wildman–Crippen MR) is 104 cm³/mol. The van der Waals surface area contributed by atoms with Crippen molar-refractivity contribution < 1.29 is 37.0 Å². The molecule has 11 heteroatoms. The molecule has 0 radical (unpaired) electrons. The predicted octanol–water partition coefficient (Wildman–Crippen LogP) is 3.18. The zero-order valence-electron chi connectivity index (χ0n) is 15.7. The summed E-state index contributed by atoms with van der Waals surface area (Å²) in [7, 11) is 1.42. The highest BCUT2D eigenvalue weighted by molar-refractivity contribution is 9.10. The fourth-order valence-electron chi connectivity index (χ4n) is 2.19. The Balaban J connectivity index is 1.91. The third kappa shape index (κ3) is 5.72. The second kappa shape index (κ2) is 10.1. The van der Waals surface area contributed by atoms with Gasteiger partial charge in [-0.1, -0.05) is 0 Å². The third-order valence-corrected chi connectivity index (χ3v) is 4.47. The number of ether oxygens (including phenoxy) is 2. The molecule has 2 amide bonds. The number of methoxy groups -OCH3 is 1. The van der Waals surface area contributed by atoms with E-state index in [0.717, 1.165) is 6.07 Å². The van der Waals surface area contributed by atoms with Crippen molar-refractivity contribution in [2.45, 2.75) is 13.0 Å². The van der Waals surface area contributed by atoms with Gasteiger partial charge in [0.05, 0.1) is 24.9 Å². The van der Waals surface area contributed by atoms with Gasteiger partial charge in [0.1, 0.15) is 5.75 Å². The van der Waals surface area contributed by atoms with Crippen LogP contribution in [0, 0.1) is 17.5 Å². The number of carbonyl (C=O) groups is 3. The molecule has 0 aliphatic heterocycles. The first-order valence-electron chi connectivity index (χ1n) is 8.39. The minimum atomic E-state index is -1.74. The average molecular weight is 489 g/mol. The number of rotatable bonds is 7. The molecule has 2 rings (SSSR count). The summed E-state index contributed by atoms with van der Waals surface area (Å²) in [6.45, 7) is 0.663. The van der Waals surface area contributed by atoms with Crippen molar-refractivity contribution in [3.05, 3.63) is 57.8 Å². The van der Waals surface area contributed by atoms with E-state index in [4.69, 9.17) is 9.47 Å². The molecular formula is C19H16BrF3N2O5. The monoisotopic (exact) mass is 488 g/mol. The summed E-state index contributed by atoms with van der Waals surface area (Å²) in [5.41, 5.74) is -0.462. The maximum absolute atomic E-state index is 13.6. The fraction of sp³-hybridized carbons (Fsp3) is 0.211. The first kappa shape index (κ1) is 23.2. The van der Waals surface area contributed by atoms with Crippen LogP contribution in [0.3, 0.4) is 0 Å². The van der Waals surface area contributed by atoms with Gasteiger partial charge in [-0.15, -0.1) is 0 Å². The molecule has 0 fully saturated rings. The van der Waals surface area contributed by atoms with Gasteiger partial charge in [0.2, 0.25) is 5.91 Å². The molecule has 30 heavy (non-hydrogen) atoms. The van der Waals surface area contributed by atoms with E-state index in [1.807, 2.05) is 5.32 Å². The van der Waals surface area contributed by atoms with Crippen molar-refractivity contribution in [3.8, 4) is 5.75 Å². The van der Waals surface area contributed by atoms with Crippen LogP contribution in [0.5, 0.6) is 5.75 Å². The van der Waals surface area contributed by atoms with Crippen molar-refractivity contribution in [1.82, 2.24) is 5.32 Å². The maximum Gasteiger partial charge on any atom is 0.340 e. The van der Waals surface area contributed by atoms with E-state index in [1.54, 1.807) is 12.1 Å². The summed E-state index contributed by atoms with van der Waals surface area (Å²) >= 11 is 3.19. The quantitative estimate of drug-likeness (QED) is 0.461. The van der Waals surface area contributed by atoms with Gasteiger partial charge >= 0.3 is 5.97 Å². The van der Waals surface area contributed by atoms with E-state index >= 15 is 0 Å². The lowest BCUT2D eigenvalue weighted by molar-refractivity contribution is -0.130. The van der Waals surface area contributed by atoms with Gasteiger partial charge in [0.15, 0.2) is 23.6 Å². The molecule has 0 saturated carbocycles. The molecule has 1 atom stereocenters. The molecule has 7 nitrogen and oxygen atoms in total. The van der Waals surface area contributed by atoms with Crippen molar-refractivity contribution in [1.29, 1.82) is 0 Å². The molecule has 2 aromatic carbocycles. The molecule has 0 aliphatic rings. The number of halogens is 4. The van der Waals surface area contributed by atoms with Gasteiger partial charge in [0, 0.05) is 4.47 Å². The number of esters is 1. The van der Waals surface area contributed by atoms with Gasteiger partial charge in [-0.05, 0) is 53.2 Å². The summed E-state index contributed by atoms with van der Waals surface area (Å²) in [4.78, 5) is 36.1. The number of amides is 2. The van der Waals surface area contributed by atoms with Crippen LogP contribution in [0.15, 0.2) is 34.8 Å². The van der Waals surface area contributed by atoms with E-state index in [2.05, 4.69) is 21.2 Å². The Morgan fingerprint density at radius 2 is 1.80 bits per heavy atom. The Morgan fingerprint density at radius 3 is 2.47 bits per heavy atom. The fourth-order valence-corrected chi connectivity index (χ4v) is 2.60. The lowest BCUT2D eigenvalue weighted by Gasteiger charge is -2.14. The van der Waals surface area contributed by atoms with Crippen LogP contribution in [0.4, 0.5) is 18.9 Å². The summed E-state index contributed by atoms with van der Waals surface area (Å²) in [6, 6.07) is 6.09. The Kier molecular flexibility index (Phi) is 7.81. The summed E-state index contributed by atoms with van der Waals surface area (Å²) in [6.07, 6.45) is -1.26. The van der Waals surface area contributed by atoms with E-state index in [-0.39, 0.29) is 5.56 Å². The normalized spacial score (nSPS) is 11.4. The summed E-state index contributed by atoms with van der Waals surface area (Å²) in [5, 5.41) is 4.18. The number of hydrogen-bond acceptors (Lipinski definition) is 5. The molecule has 160 valence electrons. The average Bonchev–Trinajstić information content (AvgIpc) is 2.72. The first-order valence-corrected chi connectivity index (χ1v) is 9.19. The van der Waals surface area contributed by atoms with Crippen LogP contribution in [-0.2, 0) is 14.3 Å². The van der Waals surface area contributed by atoms with Crippen LogP contribution in [0.2, 0.25) is 0 Å². The summed E-state index contributed by atoms with van der Waals surface area (Å²) in [5.74, 6) is -6.82. The van der Waals surface area contributed by atoms with Crippen LogP contribution < -0.4 is 15.4 Å². The smallest absolute Gasteiger partial charge is 0.340 e. The van der Waals surface area contributed by atoms with Gasteiger partial charge in [-0.25, -0.2) is 18.0 Å².